The van der Waals surface area contributed by atoms with Gasteiger partial charge in [0.1, 0.15) is 11.8 Å². The number of hydrogen-bond donors (Lipinski definition) is 0. The predicted molar refractivity (Wildman–Crippen MR) is 116 cm³/mol. The largest absolute Gasteiger partial charge is 0.472 e. The van der Waals surface area contributed by atoms with Crippen molar-refractivity contribution in [2.45, 2.75) is 45.3 Å². The van der Waals surface area contributed by atoms with E-state index in [0.717, 1.165) is 37.1 Å². The molecule has 0 spiro atoms. The van der Waals surface area contributed by atoms with Crippen molar-refractivity contribution in [1.29, 1.82) is 0 Å². The number of carbonyl (C=O) groups is 1. The maximum Gasteiger partial charge on any atom is 0.256 e. The molecular formula is C24H25N5O2. The van der Waals surface area contributed by atoms with Crippen LogP contribution < -0.4 is 4.74 Å². The summed E-state index contributed by atoms with van der Waals surface area (Å²) in [6.07, 6.45) is 8.10. The molecule has 158 valence electrons. The summed E-state index contributed by atoms with van der Waals surface area (Å²) in [7, 11) is 0. The molecule has 0 unspecified atom stereocenters. The van der Waals surface area contributed by atoms with Crippen molar-refractivity contribution in [1.82, 2.24) is 24.8 Å². The van der Waals surface area contributed by atoms with E-state index in [2.05, 4.69) is 19.9 Å². The second-order valence-corrected chi connectivity index (χ2v) is 8.46. The van der Waals surface area contributed by atoms with E-state index in [1.807, 2.05) is 49.2 Å². The Labute approximate surface area is 181 Å². The van der Waals surface area contributed by atoms with Crippen LogP contribution in [0.2, 0.25) is 0 Å². The number of ether oxygens (including phenoxy) is 1. The Hall–Kier alpha value is -3.35. The molecule has 2 bridgehead atoms. The minimum Gasteiger partial charge on any atom is -0.472 e. The predicted octanol–water partition coefficient (Wildman–Crippen LogP) is 3.62. The van der Waals surface area contributed by atoms with Crippen molar-refractivity contribution in [2.24, 2.45) is 5.92 Å². The number of rotatable bonds is 4. The molecule has 3 aliphatic rings. The Morgan fingerprint density at radius 3 is 2.65 bits per heavy atom. The summed E-state index contributed by atoms with van der Waals surface area (Å²) in [5.74, 6) is 1.48. The van der Waals surface area contributed by atoms with Gasteiger partial charge in [0, 0.05) is 36.9 Å². The van der Waals surface area contributed by atoms with Crippen LogP contribution in [0.5, 0.6) is 5.88 Å². The van der Waals surface area contributed by atoms with Gasteiger partial charge in [0.05, 0.1) is 11.6 Å². The number of carbonyl (C=O) groups excluding carboxylic acids is 1. The minimum atomic E-state index is -0.0542. The molecule has 0 aromatic carbocycles. The number of nitrogens with zero attached hydrogens (tertiary/aromatic N) is 5. The van der Waals surface area contributed by atoms with Crippen LogP contribution >= 0.6 is 0 Å². The minimum absolute atomic E-state index is 0.0199. The van der Waals surface area contributed by atoms with E-state index >= 15 is 0 Å². The number of piperidine rings is 2. The van der Waals surface area contributed by atoms with E-state index < -0.39 is 0 Å². The number of hydrogen-bond acceptors (Lipinski definition) is 6. The number of fused-ring (bicyclic) bond motifs is 3. The van der Waals surface area contributed by atoms with Crippen LogP contribution in [0.4, 0.5) is 0 Å². The first kappa shape index (κ1) is 19.6. The highest BCUT2D eigenvalue weighted by molar-refractivity contribution is 5.99. The third-order valence-electron chi connectivity index (χ3n) is 6.18. The van der Waals surface area contributed by atoms with Crippen LogP contribution in [0, 0.1) is 19.8 Å². The van der Waals surface area contributed by atoms with E-state index in [0.29, 0.717) is 28.9 Å². The van der Waals surface area contributed by atoms with Crippen LogP contribution in [0.15, 0.2) is 48.9 Å². The molecular weight excluding hydrogens is 390 g/mol. The molecule has 2 saturated heterocycles. The van der Waals surface area contributed by atoms with Crippen LogP contribution in [0.25, 0.3) is 11.5 Å². The van der Waals surface area contributed by atoms with Crippen molar-refractivity contribution in [3.63, 3.8) is 0 Å². The molecule has 31 heavy (non-hydrogen) atoms. The van der Waals surface area contributed by atoms with Gasteiger partial charge in [0.25, 0.3) is 5.91 Å². The van der Waals surface area contributed by atoms with Crippen molar-refractivity contribution < 1.29 is 9.53 Å². The van der Waals surface area contributed by atoms with E-state index in [1.54, 1.807) is 18.5 Å². The number of aryl methyl sites for hydroxylation is 2. The first-order valence-corrected chi connectivity index (χ1v) is 10.7. The second-order valence-electron chi connectivity index (χ2n) is 8.46. The van der Waals surface area contributed by atoms with Crippen LogP contribution in [0.1, 0.15) is 40.9 Å². The zero-order chi connectivity index (χ0) is 21.4. The zero-order valence-electron chi connectivity index (χ0n) is 17.7. The van der Waals surface area contributed by atoms with Gasteiger partial charge in [-0.15, -0.1) is 0 Å². The molecule has 0 N–H and O–H groups in total. The van der Waals surface area contributed by atoms with Gasteiger partial charge < -0.3 is 9.64 Å². The van der Waals surface area contributed by atoms with Crippen molar-refractivity contribution in [3.05, 3.63) is 65.7 Å². The lowest BCUT2D eigenvalue weighted by atomic mass is 9.77. The summed E-state index contributed by atoms with van der Waals surface area (Å²) in [6, 6.07) is 9.38. The Bertz CT molecular complexity index is 1090. The average Bonchev–Trinajstić information content (AvgIpc) is 2.81. The van der Waals surface area contributed by atoms with Gasteiger partial charge in [0.2, 0.25) is 5.88 Å². The molecule has 7 nitrogen and oxygen atoms in total. The molecule has 1 amide bonds. The molecule has 1 saturated carbocycles. The van der Waals surface area contributed by atoms with E-state index in [1.165, 1.54) is 0 Å². The van der Waals surface area contributed by atoms with Gasteiger partial charge in [-0.3, -0.25) is 4.79 Å². The molecule has 1 aliphatic carbocycles. The molecule has 7 heteroatoms. The van der Waals surface area contributed by atoms with Crippen molar-refractivity contribution >= 4 is 5.91 Å². The second kappa shape index (κ2) is 8.06. The Balaban J connectivity index is 1.44. The lowest BCUT2D eigenvalue weighted by Gasteiger charge is -2.49. The highest BCUT2D eigenvalue weighted by atomic mass is 16.5. The lowest BCUT2D eigenvalue weighted by Crippen LogP contribution is -2.59. The number of pyridine rings is 2. The van der Waals surface area contributed by atoms with Gasteiger partial charge >= 0.3 is 0 Å². The highest BCUT2D eigenvalue weighted by Crippen LogP contribution is 2.38. The maximum atomic E-state index is 13.7. The number of aromatic nitrogens is 4. The molecule has 0 radical (unpaired) electrons. The summed E-state index contributed by atoms with van der Waals surface area (Å²) in [5, 5.41) is 0. The SMILES string of the molecule is Cc1ccc(O[C@@H]2C[C@H]3CC[C@@H]2N(C(=O)c2ccc(C)nc2-c2ncccn2)C3)nc1. The first-order valence-electron chi connectivity index (χ1n) is 10.7. The number of amides is 1. The van der Waals surface area contributed by atoms with E-state index in [-0.39, 0.29) is 18.1 Å². The van der Waals surface area contributed by atoms with E-state index in [9.17, 15) is 4.79 Å². The van der Waals surface area contributed by atoms with E-state index in [4.69, 9.17) is 4.74 Å². The summed E-state index contributed by atoms with van der Waals surface area (Å²) in [4.78, 5) is 33.3. The maximum absolute atomic E-state index is 13.7. The molecule has 3 atom stereocenters. The fraction of sp³-hybridized carbons (Fsp3) is 0.375. The molecule has 5 heterocycles. The normalized spacial score (nSPS) is 22.4. The summed E-state index contributed by atoms with van der Waals surface area (Å²) in [5.41, 5.74) is 2.99. The van der Waals surface area contributed by atoms with Gasteiger partial charge in [0.15, 0.2) is 5.82 Å². The third-order valence-corrected chi connectivity index (χ3v) is 6.18. The third kappa shape index (κ3) is 3.87. The monoisotopic (exact) mass is 415 g/mol. The summed E-state index contributed by atoms with van der Waals surface area (Å²) in [6.45, 7) is 4.65. The lowest BCUT2D eigenvalue weighted by molar-refractivity contribution is -0.0313. The topological polar surface area (TPSA) is 81.1 Å². The highest BCUT2D eigenvalue weighted by Gasteiger charge is 2.45. The van der Waals surface area contributed by atoms with Crippen molar-refractivity contribution in [3.8, 4) is 17.4 Å². The van der Waals surface area contributed by atoms with Crippen LogP contribution in [0.3, 0.4) is 0 Å². The van der Waals surface area contributed by atoms with Crippen LogP contribution in [-0.4, -0.2) is 49.4 Å². The Kier molecular flexibility index (Phi) is 5.10. The Morgan fingerprint density at radius 2 is 1.90 bits per heavy atom. The standard InChI is InChI=1S/C24H25N5O2/c1-15-4-9-21(27-13-15)31-20-12-17-6-8-19(20)29(14-17)24(30)18-7-5-16(2)28-22(18)23-25-10-3-11-26-23/h3-5,7,9-11,13,17,19-20H,6,8,12,14H2,1-2H3/t17-,19+,20-/m1/s1. The molecule has 3 aromatic rings. The molecule has 3 fully saturated rings. The molecule has 2 aliphatic heterocycles. The fourth-order valence-corrected chi connectivity index (χ4v) is 4.65. The zero-order valence-corrected chi connectivity index (χ0v) is 17.7. The smallest absolute Gasteiger partial charge is 0.256 e. The van der Waals surface area contributed by atoms with Gasteiger partial charge in [-0.05, 0) is 62.8 Å². The van der Waals surface area contributed by atoms with Crippen molar-refractivity contribution in [2.75, 3.05) is 6.54 Å². The first-order chi connectivity index (χ1) is 15.1. The van der Waals surface area contributed by atoms with Crippen LogP contribution in [-0.2, 0) is 0 Å². The molecule has 6 rings (SSSR count). The van der Waals surface area contributed by atoms with Gasteiger partial charge in [-0.2, -0.15) is 0 Å². The quantitative estimate of drug-likeness (QED) is 0.647. The van der Waals surface area contributed by atoms with Gasteiger partial charge in [-0.1, -0.05) is 6.07 Å². The molecule has 3 aromatic heterocycles. The summed E-state index contributed by atoms with van der Waals surface area (Å²) >= 11 is 0. The Morgan fingerprint density at radius 1 is 1.06 bits per heavy atom. The van der Waals surface area contributed by atoms with Gasteiger partial charge in [-0.25, -0.2) is 19.9 Å². The fourth-order valence-electron chi connectivity index (χ4n) is 4.65. The average molecular weight is 415 g/mol. The summed E-state index contributed by atoms with van der Waals surface area (Å²) < 4.78 is 6.25.